The molecule has 2 aromatic rings. The summed E-state index contributed by atoms with van der Waals surface area (Å²) in [6.45, 7) is 0.500. The van der Waals surface area contributed by atoms with Gasteiger partial charge in [0.2, 0.25) is 0 Å². The molecule has 0 amide bonds. The second-order valence-corrected chi connectivity index (χ2v) is 2.55. The molecule has 0 saturated carbocycles. The Morgan fingerprint density at radius 2 is 2.00 bits per heavy atom. The van der Waals surface area contributed by atoms with Gasteiger partial charge in [-0.2, -0.15) is 10.2 Å². The lowest BCUT2D eigenvalue weighted by Gasteiger charge is -1.99. The van der Waals surface area contributed by atoms with Crippen LogP contribution < -0.4 is 5.73 Å². The maximum atomic E-state index is 5.44. The third-order valence-electron chi connectivity index (χ3n) is 1.67. The van der Waals surface area contributed by atoms with Crippen molar-refractivity contribution in [2.24, 2.45) is 5.73 Å². The van der Waals surface area contributed by atoms with Crippen LogP contribution in [0.4, 0.5) is 0 Å². The highest BCUT2D eigenvalue weighted by Crippen LogP contribution is 2.01. The third-order valence-corrected chi connectivity index (χ3v) is 1.67. The Labute approximate surface area is 75.2 Å². The fraction of sp³-hybridized carbons (Fsp3) is 0.125. The molecule has 0 atom stereocenters. The zero-order chi connectivity index (χ0) is 9.10. The fourth-order valence-electron chi connectivity index (χ4n) is 0.990. The van der Waals surface area contributed by atoms with Gasteiger partial charge in [-0.3, -0.25) is 0 Å². The fourth-order valence-corrected chi connectivity index (χ4v) is 0.990. The van der Waals surface area contributed by atoms with Crippen molar-refractivity contribution >= 4 is 0 Å². The van der Waals surface area contributed by atoms with Crippen molar-refractivity contribution in [1.29, 1.82) is 0 Å². The Kier molecular flexibility index (Phi) is 2.01. The maximum absolute atomic E-state index is 5.44. The van der Waals surface area contributed by atoms with E-state index in [-0.39, 0.29) is 0 Å². The van der Waals surface area contributed by atoms with E-state index >= 15 is 0 Å². The van der Waals surface area contributed by atoms with Crippen LogP contribution in [0.1, 0.15) is 5.56 Å². The van der Waals surface area contributed by atoms with E-state index in [4.69, 9.17) is 5.73 Å². The van der Waals surface area contributed by atoms with Crippen molar-refractivity contribution in [2.45, 2.75) is 6.54 Å². The van der Waals surface area contributed by atoms with Gasteiger partial charge in [-0.1, -0.05) is 6.07 Å². The molecule has 0 aliphatic carbocycles. The molecule has 2 rings (SSSR count). The molecule has 0 saturated heterocycles. The van der Waals surface area contributed by atoms with Crippen molar-refractivity contribution in [1.82, 2.24) is 20.0 Å². The number of nitrogens with zero attached hydrogens (tertiary/aromatic N) is 4. The first-order valence-electron chi connectivity index (χ1n) is 3.92. The molecule has 13 heavy (non-hydrogen) atoms. The highest BCUT2D eigenvalue weighted by atomic mass is 15.5. The Hall–Kier alpha value is -1.75. The summed E-state index contributed by atoms with van der Waals surface area (Å²) in [5.74, 6) is 0.696. The molecule has 0 spiro atoms. The van der Waals surface area contributed by atoms with Crippen LogP contribution in [0, 0.1) is 0 Å². The summed E-state index contributed by atoms with van der Waals surface area (Å²) in [6, 6.07) is 3.74. The minimum Gasteiger partial charge on any atom is -0.326 e. The largest absolute Gasteiger partial charge is 0.326 e. The van der Waals surface area contributed by atoms with Crippen LogP contribution in [0.3, 0.4) is 0 Å². The minimum absolute atomic E-state index is 0.500. The Morgan fingerprint density at radius 3 is 2.54 bits per heavy atom. The predicted octanol–water partition coefficient (Wildman–Crippen LogP) is 0.121. The summed E-state index contributed by atoms with van der Waals surface area (Å²) < 4.78 is 0. The number of aromatic nitrogens is 4. The molecule has 0 radical (unpaired) electrons. The molecule has 0 aromatic carbocycles. The summed E-state index contributed by atoms with van der Waals surface area (Å²) in [5, 5.41) is 7.91. The molecule has 0 fully saturated rings. The Morgan fingerprint density at radius 1 is 1.23 bits per heavy atom. The molecule has 5 heteroatoms. The highest BCUT2D eigenvalue weighted by molar-refractivity contribution is 5.22. The topological polar surface area (TPSA) is 69.6 Å². The van der Waals surface area contributed by atoms with Crippen LogP contribution in [0.5, 0.6) is 0 Å². The van der Waals surface area contributed by atoms with Crippen molar-refractivity contribution < 1.29 is 0 Å². The van der Waals surface area contributed by atoms with Gasteiger partial charge in [-0.05, 0) is 11.6 Å². The lowest BCUT2D eigenvalue weighted by atomic mass is 10.3. The summed E-state index contributed by atoms with van der Waals surface area (Å²) >= 11 is 0. The van der Waals surface area contributed by atoms with Gasteiger partial charge in [0.15, 0.2) is 5.82 Å². The number of pyridine rings is 1. The van der Waals surface area contributed by atoms with Crippen LogP contribution in [0.2, 0.25) is 0 Å². The Bertz CT molecular complexity index is 364. The van der Waals surface area contributed by atoms with Gasteiger partial charge in [0.25, 0.3) is 0 Å². The normalized spacial score (nSPS) is 10.2. The van der Waals surface area contributed by atoms with Gasteiger partial charge in [-0.25, -0.2) is 4.98 Å². The van der Waals surface area contributed by atoms with Gasteiger partial charge >= 0.3 is 0 Å². The maximum Gasteiger partial charge on any atom is 0.174 e. The van der Waals surface area contributed by atoms with Crippen LogP contribution in [-0.4, -0.2) is 20.0 Å². The van der Waals surface area contributed by atoms with Crippen LogP contribution >= 0.6 is 0 Å². The van der Waals surface area contributed by atoms with Gasteiger partial charge < -0.3 is 5.73 Å². The summed E-state index contributed by atoms with van der Waals surface area (Å²) in [4.78, 5) is 5.61. The molecule has 2 N–H and O–H groups in total. The summed E-state index contributed by atoms with van der Waals surface area (Å²) in [5.41, 5.74) is 6.44. The van der Waals surface area contributed by atoms with Gasteiger partial charge in [0.1, 0.15) is 0 Å². The molecular formula is C8H9N5. The first-order chi connectivity index (χ1) is 6.40. The van der Waals surface area contributed by atoms with E-state index in [1.165, 1.54) is 4.80 Å². The predicted molar refractivity (Wildman–Crippen MR) is 47.0 cm³/mol. The number of hydrogen-bond acceptors (Lipinski definition) is 4. The Balaban J connectivity index is 2.33. The lowest BCUT2D eigenvalue weighted by Crippen LogP contribution is -2.03. The summed E-state index contributed by atoms with van der Waals surface area (Å²) in [7, 11) is 0. The molecule has 0 unspecified atom stereocenters. The number of nitrogens with two attached hydrogens (primary N) is 1. The molecule has 5 nitrogen and oxygen atoms in total. The zero-order valence-corrected chi connectivity index (χ0v) is 6.96. The van der Waals surface area contributed by atoms with E-state index in [0.29, 0.717) is 12.4 Å². The number of rotatable bonds is 2. The quantitative estimate of drug-likeness (QED) is 0.703. The average Bonchev–Trinajstić information content (AvgIpc) is 2.71. The van der Waals surface area contributed by atoms with Crippen molar-refractivity contribution in [3.05, 3.63) is 36.3 Å². The molecule has 0 aliphatic heterocycles. The molecular weight excluding hydrogens is 166 g/mol. The van der Waals surface area contributed by atoms with Gasteiger partial charge in [0.05, 0.1) is 12.4 Å². The van der Waals surface area contributed by atoms with E-state index in [0.717, 1.165) is 5.56 Å². The van der Waals surface area contributed by atoms with Gasteiger partial charge in [0, 0.05) is 12.7 Å². The van der Waals surface area contributed by atoms with E-state index in [2.05, 4.69) is 15.2 Å². The van der Waals surface area contributed by atoms with Crippen LogP contribution in [0.25, 0.3) is 5.82 Å². The number of hydrogen-bond donors (Lipinski definition) is 1. The minimum atomic E-state index is 0.500. The van der Waals surface area contributed by atoms with E-state index < -0.39 is 0 Å². The monoisotopic (exact) mass is 175 g/mol. The SMILES string of the molecule is NCc1ccc(-n2nccn2)nc1. The lowest BCUT2D eigenvalue weighted by molar-refractivity contribution is 0.728. The molecule has 0 bridgehead atoms. The van der Waals surface area contributed by atoms with E-state index in [9.17, 15) is 0 Å². The third kappa shape index (κ3) is 1.54. The zero-order valence-electron chi connectivity index (χ0n) is 6.96. The molecule has 66 valence electrons. The van der Waals surface area contributed by atoms with Gasteiger partial charge in [-0.15, -0.1) is 4.80 Å². The average molecular weight is 175 g/mol. The first-order valence-corrected chi connectivity index (χ1v) is 3.92. The molecule has 0 aliphatic rings. The highest BCUT2D eigenvalue weighted by Gasteiger charge is 1.97. The van der Waals surface area contributed by atoms with Crippen LogP contribution in [-0.2, 0) is 6.54 Å². The second kappa shape index (κ2) is 3.32. The van der Waals surface area contributed by atoms with Crippen molar-refractivity contribution in [3.8, 4) is 5.82 Å². The van der Waals surface area contributed by atoms with Crippen LogP contribution in [0.15, 0.2) is 30.7 Å². The molecule has 2 heterocycles. The van der Waals surface area contributed by atoms with E-state index in [1.807, 2.05) is 12.1 Å². The van der Waals surface area contributed by atoms with E-state index in [1.54, 1.807) is 18.6 Å². The van der Waals surface area contributed by atoms with Crippen molar-refractivity contribution in [3.63, 3.8) is 0 Å². The summed E-state index contributed by atoms with van der Waals surface area (Å²) in [6.07, 6.45) is 4.94. The first kappa shape index (κ1) is 7.88. The second-order valence-electron chi connectivity index (χ2n) is 2.55. The van der Waals surface area contributed by atoms with Crippen molar-refractivity contribution in [2.75, 3.05) is 0 Å². The molecule has 2 aromatic heterocycles. The standard InChI is InChI=1S/C8H9N5/c9-5-7-1-2-8(10-6-7)13-11-3-4-12-13/h1-4,6H,5,9H2. The smallest absolute Gasteiger partial charge is 0.174 e.